The van der Waals surface area contributed by atoms with E-state index in [1.54, 1.807) is 6.07 Å². The van der Waals surface area contributed by atoms with Crippen LogP contribution in [0.4, 0.5) is 0 Å². The van der Waals surface area contributed by atoms with Crippen molar-refractivity contribution in [1.29, 1.82) is 0 Å². The van der Waals surface area contributed by atoms with E-state index in [1.165, 1.54) is 6.07 Å². The molecule has 0 aromatic carbocycles. The Labute approximate surface area is 126 Å². The van der Waals surface area contributed by atoms with Crippen molar-refractivity contribution in [2.45, 2.75) is 19.8 Å². The van der Waals surface area contributed by atoms with Crippen LogP contribution in [0.3, 0.4) is 0 Å². The van der Waals surface area contributed by atoms with Crippen LogP contribution in [-0.2, 0) is 4.79 Å². The summed E-state index contributed by atoms with van der Waals surface area (Å²) >= 11 is 3.10. The first kappa shape index (κ1) is 16.7. The Morgan fingerprint density at radius 3 is 2.70 bits per heavy atom. The van der Waals surface area contributed by atoms with Crippen LogP contribution in [0, 0.1) is 5.92 Å². The quantitative estimate of drug-likeness (QED) is 0.661. The molecule has 1 heterocycles. The minimum Gasteiger partial charge on any atom is -0.444 e. The summed E-state index contributed by atoms with van der Waals surface area (Å²) < 4.78 is 5.53. The average molecular weight is 347 g/mol. The third-order valence-electron chi connectivity index (χ3n) is 2.91. The Bertz CT molecular complexity index is 447. The largest absolute Gasteiger partial charge is 0.444 e. The van der Waals surface area contributed by atoms with Gasteiger partial charge in [0.2, 0.25) is 5.91 Å². The molecule has 0 aliphatic heterocycles. The lowest BCUT2D eigenvalue weighted by molar-refractivity contribution is -0.120. The van der Waals surface area contributed by atoms with Crippen molar-refractivity contribution in [2.24, 2.45) is 5.92 Å². The van der Waals surface area contributed by atoms with E-state index in [-0.39, 0.29) is 30.7 Å². The molecule has 6 nitrogen and oxygen atoms in total. The lowest BCUT2D eigenvalue weighted by atomic mass is 10.0. The zero-order valence-corrected chi connectivity index (χ0v) is 12.9. The van der Waals surface area contributed by atoms with Gasteiger partial charge in [0.25, 0.3) is 5.91 Å². The number of nitrogens with one attached hydrogen (secondary N) is 2. The first-order chi connectivity index (χ1) is 9.56. The number of carbonyl (C=O) groups excluding carboxylic acids is 2. The number of aliphatic hydroxyl groups is 1. The Morgan fingerprint density at radius 1 is 1.40 bits per heavy atom. The van der Waals surface area contributed by atoms with Crippen LogP contribution in [0.1, 0.15) is 30.3 Å². The molecule has 0 fully saturated rings. The predicted molar refractivity (Wildman–Crippen MR) is 77.2 cm³/mol. The Kier molecular flexibility index (Phi) is 7.32. The number of amides is 2. The zero-order chi connectivity index (χ0) is 15.0. The maximum absolute atomic E-state index is 11.6. The molecular formula is C13H19BrN2O4. The van der Waals surface area contributed by atoms with Gasteiger partial charge < -0.3 is 20.2 Å². The second-order valence-electron chi connectivity index (χ2n) is 4.38. The first-order valence-corrected chi connectivity index (χ1v) is 7.27. The maximum atomic E-state index is 11.6. The normalized spacial score (nSPS) is 11.9. The minimum absolute atomic E-state index is 0.104. The molecule has 0 radical (unpaired) electrons. The summed E-state index contributed by atoms with van der Waals surface area (Å²) in [5, 5.41) is 14.0. The van der Waals surface area contributed by atoms with Crippen LogP contribution in [0.15, 0.2) is 21.2 Å². The van der Waals surface area contributed by atoms with Gasteiger partial charge in [-0.05, 0) is 40.4 Å². The van der Waals surface area contributed by atoms with E-state index in [4.69, 9.17) is 9.52 Å². The van der Waals surface area contributed by atoms with Crippen molar-refractivity contribution < 1.29 is 19.1 Å². The van der Waals surface area contributed by atoms with E-state index < -0.39 is 5.91 Å². The van der Waals surface area contributed by atoms with Crippen LogP contribution in [0.5, 0.6) is 0 Å². The van der Waals surface area contributed by atoms with E-state index >= 15 is 0 Å². The number of hydrogen-bond donors (Lipinski definition) is 3. The Morgan fingerprint density at radius 2 is 2.15 bits per heavy atom. The van der Waals surface area contributed by atoms with Gasteiger partial charge in [-0.3, -0.25) is 9.59 Å². The summed E-state index contributed by atoms with van der Waals surface area (Å²) in [6.45, 7) is 2.51. The van der Waals surface area contributed by atoms with E-state index in [0.717, 1.165) is 6.42 Å². The molecule has 1 aromatic rings. The number of hydrogen-bond acceptors (Lipinski definition) is 4. The number of furan rings is 1. The number of halogens is 1. The molecule has 1 atom stereocenters. The molecule has 1 unspecified atom stereocenters. The van der Waals surface area contributed by atoms with Gasteiger partial charge in [0.05, 0.1) is 6.54 Å². The van der Waals surface area contributed by atoms with Crippen LogP contribution >= 0.6 is 15.9 Å². The number of rotatable bonds is 8. The molecule has 7 heteroatoms. The van der Waals surface area contributed by atoms with Crippen molar-refractivity contribution in [3.63, 3.8) is 0 Å². The van der Waals surface area contributed by atoms with Gasteiger partial charge >= 0.3 is 0 Å². The summed E-state index contributed by atoms with van der Waals surface area (Å²) in [6.07, 6.45) is 1.54. The molecule has 2 amide bonds. The highest BCUT2D eigenvalue weighted by Gasteiger charge is 2.12. The van der Waals surface area contributed by atoms with Gasteiger partial charge in [-0.15, -0.1) is 0 Å². The minimum atomic E-state index is -0.437. The van der Waals surface area contributed by atoms with Crippen molar-refractivity contribution in [3.05, 3.63) is 22.6 Å². The summed E-state index contributed by atoms with van der Waals surface area (Å²) in [6, 6.07) is 3.13. The Hall–Kier alpha value is -1.34. The number of carbonyl (C=O) groups is 2. The van der Waals surface area contributed by atoms with E-state index in [2.05, 4.69) is 26.6 Å². The standard InChI is InChI=1S/C13H19BrN2O4/c1-2-9(5-6-17)7-15-12(18)8-16-13(19)10-3-4-11(14)20-10/h3-4,9,17H,2,5-8H2,1H3,(H,15,18)(H,16,19). The molecule has 112 valence electrons. The fourth-order valence-corrected chi connectivity index (χ4v) is 1.94. The molecule has 0 aliphatic carbocycles. The van der Waals surface area contributed by atoms with Gasteiger partial charge in [-0.2, -0.15) is 0 Å². The summed E-state index contributed by atoms with van der Waals surface area (Å²) in [5.74, 6) is -0.300. The van der Waals surface area contributed by atoms with Gasteiger partial charge in [-0.1, -0.05) is 13.3 Å². The zero-order valence-electron chi connectivity index (χ0n) is 11.3. The van der Waals surface area contributed by atoms with E-state index in [1.807, 2.05) is 6.92 Å². The molecule has 20 heavy (non-hydrogen) atoms. The lowest BCUT2D eigenvalue weighted by Gasteiger charge is -2.14. The fourth-order valence-electron chi connectivity index (χ4n) is 1.64. The van der Waals surface area contributed by atoms with Crippen molar-refractivity contribution in [2.75, 3.05) is 19.7 Å². The smallest absolute Gasteiger partial charge is 0.287 e. The van der Waals surface area contributed by atoms with Gasteiger partial charge in [-0.25, -0.2) is 0 Å². The summed E-state index contributed by atoms with van der Waals surface area (Å²) in [4.78, 5) is 23.2. The second-order valence-corrected chi connectivity index (χ2v) is 5.16. The third-order valence-corrected chi connectivity index (χ3v) is 3.34. The fraction of sp³-hybridized carbons (Fsp3) is 0.538. The van der Waals surface area contributed by atoms with Crippen LogP contribution in [0.2, 0.25) is 0 Å². The van der Waals surface area contributed by atoms with Gasteiger partial charge in [0.15, 0.2) is 10.4 Å². The molecule has 0 saturated carbocycles. The molecule has 3 N–H and O–H groups in total. The maximum Gasteiger partial charge on any atom is 0.287 e. The molecule has 0 saturated heterocycles. The molecule has 0 spiro atoms. The predicted octanol–water partition coefficient (Wildman–Crippen LogP) is 1.30. The van der Waals surface area contributed by atoms with Crippen LogP contribution in [-0.4, -0.2) is 36.6 Å². The van der Waals surface area contributed by atoms with Crippen LogP contribution in [0.25, 0.3) is 0 Å². The summed E-state index contributed by atoms with van der Waals surface area (Å²) in [7, 11) is 0. The highest BCUT2D eigenvalue weighted by atomic mass is 79.9. The summed E-state index contributed by atoms with van der Waals surface area (Å²) in [5.41, 5.74) is 0. The highest BCUT2D eigenvalue weighted by Crippen LogP contribution is 2.13. The van der Waals surface area contributed by atoms with Crippen LogP contribution < -0.4 is 10.6 Å². The first-order valence-electron chi connectivity index (χ1n) is 6.47. The monoisotopic (exact) mass is 346 g/mol. The van der Waals surface area contributed by atoms with Crippen molar-refractivity contribution >= 4 is 27.7 Å². The van der Waals surface area contributed by atoms with E-state index in [0.29, 0.717) is 17.6 Å². The molecule has 0 aliphatic rings. The molecule has 1 rings (SSSR count). The van der Waals surface area contributed by atoms with Crippen molar-refractivity contribution in [3.8, 4) is 0 Å². The second kappa shape index (κ2) is 8.76. The van der Waals surface area contributed by atoms with Gasteiger partial charge in [0, 0.05) is 13.2 Å². The average Bonchev–Trinajstić information content (AvgIpc) is 2.87. The van der Waals surface area contributed by atoms with Gasteiger partial charge in [0.1, 0.15) is 0 Å². The Balaban J connectivity index is 2.27. The van der Waals surface area contributed by atoms with E-state index in [9.17, 15) is 9.59 Å². The topological polar surface area (TPSA) is 91.6 Å². The SMILES string of the molecule is CCC(CCO)CNC(=O)CNC(=O)c1ccc(Br)o1. The lowest BCUT2D eigenvalue weighted by Crippen LogP contribution is -2.38. The molecule has 1 aromatic heterocycles. The highest BCUT2D eigenvalue weighted by molar-refractivity contribution is 9.10. The van der Waals surface area contributed by atoms with Crippen molar-refractivity contribution in [1.82, 2.24) is 10.6 Å². The third kappa shape index (κ3) is 5.75. The number of aliphatic hydroxyl groups excluding tert-OH is 1. The molecule has 0 bridgehead atoms. The molecular weight excluding hydrogens is 328 g/mol.